The number of hydrogen-bond acceptors (Lipinski definition) is 2. The highest BCUT2D eigenvalue weighted by Gasteiger charge is 2.55. The summed E-state index contributed by atoms with van der Waals surface area (Å²) in [6.07, 6.45) is 0.814. The molecule has 2 nitrogen and oxygen atoms in total. The molecule has 2 heteroatoms. The smallest absolute Gasteiger partial charge is 0.171 e. The van der Waals surface area contributed by atoms with Crippen molar-refractivity contribution in [2.45, 2.75) is 18.9 Å². The molecule has 0 heterocycles. The van der Waals surface area contributed by atoms with Crippen LogP contribution in [0, 0.1) is 5.41 Å². The maximum atomic E-state index is 12.6. The number of aliphatic hydroxyl groups is 1. The molecule has 1 aliphatic carbocycles. The van der Waals surface area contributed by atoms with Crippen LogP contribution in [-0.4, -0.2) is 10.9 Å². The Morgan fingerprint density at radius 1 is 0.947 bits per heavy atom. The van der Waals surface area contributed by atoms with Gasteiger partial charge in [0.05, 0.1) is 11.5 Å². The molecule has 0 saturated heterocycles. The molecule has 0 aliphatic heterocycles. The Bertz CT molecular complexity index is 571. The van der Waals surface area contributed by atoms with Crippen LogP contribution in [0.4, 0.5) is 0 Å². The molecule has 0 bridgehead atoms. The number of ketones is 1. The normalized spacial score (nSPS) is 17.7. The number of carbonyl (C=O) groups is 1. The van der Waals surface area contributed by atoms with E-state index in [1.807, 2.05) is 60.7 Å². The second-order valence-corrected chi connectivity index (χ2v) is 5.16. The topological polar surface area (TPSA) is 37.3 Å². The average molecular weight is 252 g/mol. The van der Waals surface area contributed by atoms with Gasteiger partial charge in [-0.25, -0.2) is 0 Å². The molecule has 1 fully saturated rings. The molecule has 0 spiro atoms. The molecule has 2 aromatic rings. The van der Waals surface area contributed by atoms with E-state index >= 15 is 0 Å². The summed E-state index contributed by atoms with van der Waals surface area (Å²) in [6.45, 7) is 0. The number of aliphatic hydroxyl groups excluding tert-OH is 1. The summed E-state index contributed by atoms with van der Waals surface area (Å²) >= 11 is 0. The van der Waals surface area contributed by atoms with Crippen molar-refractivity contribution in [2.24, 2.45) is 5.41 Å². The van der Waals surface area contributed by atoms with Crippen LogP contribution in [0.15, 0.2) is 60.7 Å². The van der Waals surface area contributed by atoms with Crippen LogP contribution < -0.4 is 0 Å². The fraction of sp³-hybridized carbons (Fsp3) is 0.235. The lowest BCUT2D eigenvalue weighted by Gasteiger charge is -2.21. The van der Waals surface area contributed by atoms with Crippen molar-refractivity contribution in [1.82, 2.24) is 0 Å². The first-order valence-corrected chi connectivity index (χ1v) is 6.57. The van der Waals surface area contributed by atoms with Crippen LogP contribution in [0.1, 0.15) is 34.9 Å². The maximum absolute atomic E-state index is 12.6. The van der Waals surface area contributed by atoms with Gasteiger partial charge in [-0.15, -0.1) is 0 Å². The Hall–Kier alpha value is -1.93. The molecule has 3 rings (SSSR count). The predicted octanol–water partition coefficient (Wildman–Crippen LogP) is 3.38. The Kier molecular flexibility index (Phi) is 2.96. The van der Waals surface area contributed by atoms with Crippen molar-refractivity contribution in [3.63, 3.8) is 0 Å². The Morgan fingerprint density at radius 3 is 2.00 bits per heavy atom. The third-order valence-corrected chi connectivity index (χ3v) is 3.92. The molecule has 1 unspecified atom stereocenters. The fourth-order valence-corrected chi connectivity index (χ4v) is 2.59. The van der Waals surface area contributed by atoms with Gasteiger partial charge in [0.1, 0.15) is 0 Å². The second kappa shape index (κ2) is 4.63. The lowest BCUT2D eigenvalue weighted by Crippen LogP contribution is -2.24. The van der Waals surface area contributed by atoms with Crippen LogP contribution >= 0.6 is 0 Å². The molecule has 0 aromatic heterocycles. The number of carbonyl (C=O) groups excluding carboxylic acids is 1. The van der Waals surface area contributed by atoms with E-state index in [0.29, 0.717) is 5.56 Å². The van der Waals surface area contributed by atoms with Gasteiger partial charge < -0.3 is 5.11 Å². The molecule has 1 N–H and O–H groups in total. The summed E-state index contributed by atoms with van der Waals surface area (Å²) in [5.41, 5.74) is 0.905. The van der Waals surface area contributed by atoms with Gasteiger partial charge >= 0.3 is 0 Å². The van der Waals surface area contributed by atoms with Crippen LogP contribution in [-0.2, 0) is 0 Å². The van der Waals surface area contributed by atoms with E-state index < -0.39 is 11.5 Å². The van der Waals surface area contributed by atoms with Gasteiger partial charge in [-0.1, -0.05) is 60.7 Å². The SMILES string of the molecule is O=C(c1ccccc1)C1(C(O)c2ccccc2)CC1. The highest BCUT2D eigenvalue weighted by Crippen LogP contribution is 2.56. The van der Waals surface area contributed by atoms with E-state index in [-0.39, 0.29) is 5.78 Å². The number of hydrogen-bond donors (Lipinski definition) is 1. The highest BCUT2D eigenvalue weighted by atomic mass is 16.3. The summed E-state index contributed by atoms with van der Waals surface area (Å²) in [7, 11) is 0. The van der Waals surface area contributed by atoms with Gasteiger partial charge in [0.25, 0.3) is 0 Å². The van der Waals surface area contributed by atoms with Crippen LogP contribution in [0.2, 0.25) is 0 Å². The minimum atomic E-state index is -0.707. The number of benzene rings is 2. The lowest BCUT2D eigenvalue weighted by molar-refractivity contribution is 0.0607. The van der Waals surface area contributed by atoms with E-state index in [4.69, 9.17) is 0 Å². The van der Waals surface area contributed by atoms with Crippen molar-refractivity contribution in [3.8, 4) is 0 Å². The van der Waals surface area contributed by atoms with E-state index in [1.165, 1.54) is 0 Å². The van der Waals surface area contributed by atoms with Crippen molar-refractivity contribution in [1.29, 1.82) is 0 Å². The van der Waals surface area contributed by atoms with Crippen molar-refractivity contribution < 1.29 is 9.90 Å². The van der Waals surface area contributed by atoms with Gasteiger partial charge in [0.15, 0.2) is 5.78 Å². The van der Waals surface area contributed by atoms with Crippen LogP contribution in [0.3, 0.4) is 0 Å². The molecule has 1 aliphatic rings. The van der Waals surface area contributed by atoms with Crippen molar-refractivity contribution >= 4 is 5.78 Å². The van der Waals surface area contributed by atoms with E-state index in [2.05, 4.69) is 0 Å². The average Bonchev–Trinajstić information content (AvgIpc) is 3.29. The largest absolute Gasteiger partial charge is 0.387 e. The molecule has 96 valence electrons. The zero-order valence-corrected chi connectivity index (χ0v) is 10.6. The first-order valence-electron chi connectivity index (χ1n) is 6.57. The zero-order valence-electron chi connectivity index (χ0n) is 10.6. The summed E-state index contributed by atoms with van der Waals surface area (Å²) < 4.78 is 0. The third-order valence-electron chi connectivity index (χ3n) is 3.92. The van der Waals surface area contributed by atoms with Gasteiger partial charge in [-0.05, 0) is 18.4 Å². The van der Waals surface area contributed by atoms with Gasteiger partial charge in [0, 0.05) is 5.56 Å². The summed E-state index contributed by atoms with van der Waals surface area (Å²) in [5.74, 6) is 0.0597. The Labute approximate surface area is 112 Å². The summed E-state index contributed by atoms with van der Waals surface area (Å²) in [5, 5.41) is 10.5. The van der Waals surface area contributed by atoms with Crippen LogP contribution in [0.5, 0.6) is 0 Å². The number of Topliss-reactive ketones (excluding diaryl/α,β-unsaturated/α-hetero) is 1. The molecular formula is C17H16O2. The monoisotopic (exact) mass is 252 g/mol. The molecule has 2 aromatic carbocycles. The van der Waals surface area contributed by atoms with Crippen LogP contribution in [0.25, 0.3) is 0 Å². The first-order chi connectivity index (χ1) is 9.24. The third kappa shape index (κ3) is 2.08. The Morgan fingerprint density at radius 2 is 1.47 bits per heavy atom. The molecule has 0 radical (unpaired) electrons. The lowest BCUT2D eigenvalue weighted by atomic mass is 9.85. The Balaban J connectivity index is 1.90. The quantitative estimate of drug-likeness (QED) is 0.847. The fourth-order valence-electron chi connectivity index (χ4n) is 2.59. The summed E-state index contributed by atoms with van der Waals surface area (Å²) in [6, 6.07) is 18.7. The van der Waals surface area contributed by atoms with Gasteiger partial charge in [0.2, 0.25) is 0 Å². The molecule has 1 saturated carbocycles. The minimum absolute atomic E-state index is 0.0597. The van der Waals surface area contributed by atoms with Gasteiger partial charge in [-0.3, -0.25) is 4.79 Å². The van der Waals surface area contributed by atoms with E-state index in [0.717, 1.165) is 18.4 Å². The minimum Gasteiger partial charge on any atom is -0.387 e. The number of rotatable bonds is 4. The first kappa shape index (κ1) is 12.1. The molecule has 1 atom stereocenters. The zero-order chi connectivity index (χ0) is 13.3. The second-order valence-electron chi connectivity index (χ2n) is 5.16. The predicted molar refractivity (Wildman–Crippen MR) is 73.8 cm³/mol. The highest BCUT2D eigenvalue weighted by molar-refractivity contribution is 6.02. The van der Waals surface area contributed by atoms with Crippen molar-refractivity contribution in [2.75, 3.05) is 0 Å². The van der Waals surface area contributed by atoms with E-state index in [9.17, 15) is 9.90 Å². The molecular weight excluding hydrogens is 236 g/mol. The summed E-state index contributed by atoms with van der Waals surface area (Å²) in [4.78, 5) is 12.6. The maximum Gasteiger partial charge on any atom is 0.171 e. The van der Waals surface area contributed by atoms with Crippen molar-refractivity contribution in [3.05, 3.63) is 71.8 Å². The molecule has 0 amide bonds. The molecule has 19 heavy (non-hydrogen) atoms. The van der Waals surface area contributed by atoms with E-state index in [1.54, 1.807) is 0 Å². The van der Waals surface area contributed by atoms with Gasteiger partial charge in [-0.2, -0.15) is 0 Å². The standard InChI is InChI=1S/C17H16O2/c18-15(13-7-3-1-4-8-13)17(11-12-17)16(19)14-9-5-2-6-10-14/h1-10,15,18H,11-12H2.